The lowest BCUT2D eigenvalue weighted by molar-refractivity contribution is 0.0932. The van der Waals surface area contributed by atoms with Crippen LogP contribution in [-0.2, 0) is 13.0 Å². The highest BCUT2D eigenvalue weighted by atomic mass is 16.1. The zero-order valence-corrected chi connectivity index (χ0v) is 10.6. The average molecular weight is 258 g/mol. The highest BCUT2D eigenvalue weighted by Crippen LogP contribution is 2.18. The molecule has 0 saturated heterocycles. The molecule has 7 nitrogen and oxygen atoms in total. The number of nitrogens with zero attached hydrogens (tertiary/aromatic N) is 5. The van der Waals surface area contributed by atoms with Crippen molar-refractivity contribution in [3.05, 3.63) is 35.9 Å². The molecule has 1 aliphatic heterocycles. The quantitative estimate of drug-likeness (QED) is 0.866. The first-order valence-electron chi connectivity index (χ1n) is 6.24. The molecule has 2 aromatic rings. The molecule has 1 amide bonds. The number of hydrogen-bond acceptors (Lipinski definition) is 5. The van der Waals surface area contributed by atoms with Crippen molar-refractivity contribution in [2.75, 3.05) is 0 Å². The zero-order valence-electron chi connectivity index (χ0n) is 10.6. The van der Waals surface area contributed by atoms with E-state index in [2.05, 4.69) is 30.0 Å². The van der Waals surface area contributed by atoms with Crippen LogP contribution in [0.15, 0.2) is 18.6 Å². The molecule has 3 heterocycles. The normalized spacial score (nSPS) is 15.0. The second kappa shape index (κ2) is 4.75. The summed E-state index contributed by atoms with van der Waals surface area (Å²) in [7, 11) is 0. The second-order valence-corrected chi connectivity index (χ2v) is 4.52. The minimum atomic E-state index is -0.254. The van der Waals surface area contributed by atoms with Crippen LogP contribution in [-0.4, -0.2) is 30.6 Å². The molecule has 19 heavy (non-hydrogen) atoms. The highest BCUT2D eigenvalue weighted by molar-refractivity contribution is 5.92. The summed E-state index contributed by atoms with van der Waals surface area (Å²) in [5, 5.41) is 11.1. The van der Waals surface area contributed by atoms with Gasteiger partial charge < -0.3 is 9.88 Å². The van der Waals surface area contributed by atoms with Crippen LogP contribution in [0, 0.1) is 0 Å². The van der Waals surface area contributed by atoms with E-state index in [1.54, 1.807) is 0 Å². The van der Waals surface area contributed by atoms with Crippen molar-refractivity contribution in [3.8, 4) is 0 Å². The number of amides is 1. The maximum absolute atomic E-state index is 12.0. The van der Waals surface area contributed by atoms with Crippen molar-refractivity contribution in [2.45, 2.75) is 32.4 Å². The third-order valence-electron chi connectivity index (χ3n) is 3.17. The van der Waals surface area contributed by atoms with Gasteiger partial charge in [-0.3, -0.25) is 9.78 Å². The third kappa shape index (κ3) is 2.18. The van der Waals surface area contributed by atoms with Gasteiger partial charge in [0.1, 0.15) is 11.5 Å². The number of carbonyl (C=O) groups excluding carboxylic acids is 1. The molecule has 0 bridgehead atoms. The van der Waals surface area contributed by atoms with E-state index in [0.29, 0.717) is 5.69 Å². The minimum absolute atomic E-state index is 0.200. The summed E-state index contributed by atoms with van der Waals surface area (Å²) in [4.78, 5) is 19.8. The maximum atomic E-state index is 12.0. The molecule has 0 fully saturated rings. The Hall–Kier alpha value is -2.31. The largest absolute Gasteiger partial charge is 0.341 e. The summed E-state index contributed by atoms with van der Waals surface area (Å²) < 4.78 is 2.07. The number of fused-ring (bicyclic) bond motifs is 1. The Morgan fingerprint density at radius 3 is 3.11 bits per heavy atom. The molecule has 0 aromatic carbocycles. The number of aromatic nitrogens is 5. The molecule has 1 N–H and O–H groups in total. The smallest absolute Gasteiger partial charge is 0.272 e. The van der Waals surface area contributed by atoms with Gasteiger partial charge in [-0.15, -0.1) is 10.2 Å². The fourth-order valence-corrected chi connectivity index (χ4v) is 2.24. The Morgan fingerprint density at radius 1 is 1.42 bits per heavy atom. The first-order chi connectivity index (χ1) is 9.25. The van der Waals surface area contributed by atoms with Gasteiger partial charge >= 0.3 is 0 Å². The van der Waals surface area contributed by atoms with Gasteiger partial charge in [0, 0.05) is 25.4 Å². The van der Waals surface area contributed by atoms with E-state index in [1.165, 1.54) is 18.6 Å². The van der Waals surface area contributed by atoms with E-state index >= 15 is 0 Å². The Labute approximate surface area is 110 Å². The summed E-state index contributed by atoms with van der Waals surface area (Å²) in [6, 6.07) is -0.200. The third-order valence-corrected chi connectivity index (χ3v) is 3.17. The van der Waals surface area contributed by atoms with Gasteiger partial charge in [0.2, 0.25) is 0 Å². The fourth-order valence-electron chi connectivity index (χ4n) is 2.24. The highest BCUT2D eigenvalue weighted by Gasteiger charge is 2.22. The molecule has 98 valence electrons. The van der Waals surface area contributed by atoms with Crippen molar-refractivity contribution in [1.29, 1.82) is 0 Å². The van der Waals surface area contributed by atoms with E-state index in [-0.39, 0.29) is 11.9 Å². The van der Waals surface area contributed by atoms with Crippen LogP contribution in [0.1, 0.15) is 41.5 Å². The summed E-state index contributed by atoms with van der Waals surface area (Å²) in [5.74, 6) is 1.54. The van der Waals surface area contributed by atoms with Gasteiger partial charge in [0.05, 0.1) is 12.2 Å². The van der Waals surface area contributed by atoms with E-state index in [4.69, 9.17) is 0 Å². The van der Waals surface area contributed by atoms with E-state index < -0.39 is 0 Å². The van der Waals surface area contributed by atoms with Crippen LogP contribution in [0.3, 0.4) is 0 Å². The van der Waals surface area contributed by atoms with Crippen LogP contribution < -0.4 is 5.32 Å². The van der Waals surface area contributed by atoms with Gasteiger partial charge in [0.25, 0.3) is 5.91 Å². The Bertz CT molecular complexity index is 594. The van der Waals surface area contributed by atoms with Crippen molar-refractivity contribution in [2.24, 2.45) is 0 Å². The summed E-state index contributed by atoms with van der Waals surface area (Å²) in [6.45, 7) is 2.81. The van der Waals surface area contributed by atoms with Gasteiger partial charge in [-0.25, -0.2) is 4.98 Å². The average Bonchev–Trinajstić information content (AvgIpc) is 3.01. The SMILES string of the molecule is CC(NC(=O)c1cnccn1)c1nnc2n1CCC2. The molecule has 1 unspecified atom stereocenters. The van der Waals surface area contributed by atoms with Crippen molar-refractivity contribution < 1.29 is 4.79 Å². The van der Waals surface area contributed by atoms with Crippen LogP contribution in [0.4, 0.5) is 0 Å². The number of rotatable bonds is 3. The van der Waals surface area contributed by atoms with Crippen LogP contribution >= 0.6 is 0 Å². The van der Waals surface area contributed by atoms with Crippen LogP contribution in [0.25, 0.3) is 0 Å². The lowest BCUT2D eigenvalue weighted by Crippen LogP contribution is -2.29. The first-order valence-corrected chi connectivity index (χ1v) is 6.24. The Balaban J connectivity index is 1.75. The molecular weight excluding hydrogens is 244 g/mol. The monoisotopic (exact) mass is 258 g/mol. The molecule has 1 aliphatic rings. The zero-order chi connectivity index (χ0) is 13.2. The predicted octanol–water partition coefficient (Wildman–Crippen LogP) is 0.505. The van der Waals surface area contributed by atoms with Crippen LogP contribution in [0.5, 0.6) is 0 Å². The van der Waals surface area contributed by atoms with E-state index in [9.17, 15) is 4.79 Å². The second-order valence-electron chi connectivity index (χ2n) is 4.52. The summed E-state index contributed by atoms with van der Waals surface area (Å²) in [5.41, 5.74) is 0.301. The lowest BCUT2D eigenvalue weighted by atomic mass is 10.3. The predicted molar refractivity (Wildman–Crippen MR) is 66.3 cm³/mol. The molecule has 3 rings (SSSR count). The molecule has 0 spiro atoms. The number of carbonyl (C=O) groups is 1. The fraction of sp³-hybridized carbons (Fsp3) is 0.417. The Kier molecular flexibility index (Phi) is 2.94. The van der Waals surface area contributed by atoms with Gasteiger partial charge in [-0.2, -0.15) is 0 Å². The number of nitrogens with one attached hydrogen (secondary N) is 1. The van der Waals surface area contributed by atoms with Crippen molar-refractivity contribution in [3.63, 3.8) is 0 Å². The van der Waals surface area contributed by atoms with Gasteiger partial charge in [-0.1, -0.05) is 0 Å². The molecule has 2 aromatic heterocycles. The number of hydrogen-bond donors (Lipinski definition) is 1. The maximum Gasteiger partial charge on any atom is 0.272 e. The molecular formula is C12H14N6O. The molecule has 1 atom stereocenters. The molecule has 0 radical (unpaired) electrons. The Morgan fingerprint density at radius 2 is 2.32 bits per heavy atom. The molecule has 0 aliphatic carbocycles. The first kappa shape index (κ1) is 11.8. The topological polar surface area (TPSA) is 85.6 Å². The minimum Gasteiger partial charge on any atom is -0.341 e. The summed E-state index contributed by atoms with van der Waals surface area (Å²) in [6.07, 6.45) is 6.51. The molecule has 0 saturated carbocycles. The van der Waals surface area contributed by atoms with Gasteiger partial charge in [-0.05, 0) is 13.3 Å². The summed E-state index contributed by atoms with van der Waals surface area (Å²) >= 11 is 0. The lowest BCUT2D eigenvalue weighted by Gasteiger charge is -2.13. The van der Waals surface area contributed by atoms with Crippen LogP contribution in [0.2, 0.25) is 0 Å². The van der Waals surface area contributed by atoms with E-state index in [0.717, 1.165) is 31.0 Å². The molecule has 7 heteroatoms. The van der Waals surface area contributed by atoms with Gasteiger partial charge in [0.15, 0.2) is 5.82 Å². The van der Waals surface area contributed by atoms with Crippen molar-refractivity contribution >= 4 is 5.91 Å². The standard InChI is InChI=1S/C12H14N6O/c1-8(11-17-16-10-3-2-6-18(10)11)15-12(19)9-7-13-4-5-14-9/h4-5,7-8H,2-3,6H2,1H3,(H,15,19). The van der Waals surface area contributed by atoms with E-state index in [1.807, 2.05) is 6.92 Å². The van der Waals surface area contributed by atoms with Crippen molar-refractivity contribution in [1.82, 2.24) is 30.0 Å². The number of aryl methyl sites for hydroxylation is 1.